The van der Waals surface area contributed by atoms with Crippen LogP contribution in [0.4, 0.5) is 0 Å². The molecular weight excluding hydrogens is 334 g/mol. The van der Waals surface area contributed by atoms with Crippen LogP contribution < -0.4 is 10.1 Å². The van der Waals surface area contributed by atoms with Gasteiger partial charge in [0.1, 0.15) is 5.75 Å². The third-order valence-corrected chi connectivity index (χ3v) is 4.56. The van der Waals surface area contributed by atoms with E-state index in [4.69, 9.17) is 4.74 Å². The first-order valence-electron chi connectivity index (χ1n) is 9.24. The number of carbonyl (C=O) groups is 1. The van der Waals surface area contributed by atoms with Gasteiger partial charge in [-0.1, -0.05) is 60.2 Å². The second-order valence-electron chi connectivity index (χ2n) is 6.64. The average Bonchev–Trinajstić information content (AvgIpc) is 2.69. The molecule has 3 nitrogen and oxygen atoms in total. The fourth-order valence-corrected chi connectivity index (χ4v) is 3.09. The molecule has 0 aliphatic carbocycles. The van der Waals surface area contributed by atoms with Gasteiger partial charge < -0.3 is 10.1 Å². The summed E-state index contributed by atoms with van der Waals surface area (Å²) in [5.74, 6) is 0.711. The zero-order valence-corrected chi connectivity index (χ0v) is 16.0. The maximum atomic E-state index is 12.9. The lowest BCUT2D eigenvalue weighted by Crippen LogP contribution is -2.29. The summed E-state index contributed by atoms with van der Waals surface area (Å²) in [5, 5.41) is 3.18. The number of benzene rings is 3. The number of ether oxygens (including phenoxy) is 1. The normalized spacial score (nSPS) is 11.7. The first kappa shape index (κ1) is 18.7. The van der Waals surface area contributed by atoms with Crippen molar-refractivity contribution < 1.29 is 9.53 Å². The summed E-state index contributed by atoms with van der Waals surface area (Å²) in [6, 6.07) is 23.6. The van der Waals surface area contributed by atoms with Gasteiger partial charge >= 0.3 is 0 Å². The molecule has 3 heteroatoms. The number of hydrogen-bond donors (Lipinski definition) is 1. The Morgan fingerprint density at radius 2 is 1.59 bits per heavy atom. The van der Waals surface area contributed by atoms with Gasteiger partial charge in [-0.3, -0.25) is 4.79 Å². The molecule has 0 spiro atoms. The summed E-state index contributed by atoms with van der Waals surface area (Å²) in [7, 11) is 0. The summed E-state index contributed by atoms with van der Waals surface area (Å²) in [4.78, 5) is 12.9. The number of nitrogens with one attached hydrogen (secondary N) is 1. The highest BCUT2D eigenvalue weighted by Gasteiger charge is 2.18. The molecule has 138 valence electrons. The van der Waals surface area contributed by atoms with Crippen LogP contribution in [0.15, 0.2) is 72.8 Å². The molecule has 1 N–H and O–H groups in total. The van der Waals surface area contributed by atoms with E-state index in [2.05, 4.69) is 36.5 Å². The summed E-state index contributed by atoms with van der Waals surface area (Å²) >= 11 is 0. The molecule has 0 fully saturated rings. The van der Waals surface area contributed by atoms with Crippen LogP contribution in [0.2, 0.25) is 0 Å². The van der Waals surface area contributed by atoms with Crippen LogP contribution in [0.1, 0.15) is 45.6 Å². The summed E-state index contributed by atoms with van der Waals surface area (Å²) in [6.07, 6.45) is 0. The van der Waals surface area contributed by atoms with Gasteiger partial charge in [-0.15, -0.1) is 0 Å². The third-order valence-electron chi connectivity index (χ3n) is 4.56. The Labute approximate surface area is 161 Å². The van der Waals surface area contributed by atoms with Gasteiger partial charge in [0.05, 0.1) is 12.6 Å². The second kappa shape index (κ2) is 8.54. The quantitative estimate of drug-likeness (QED) is 0.655. The lowest BCUT2D eigenvalue weighted by molar-refractivity contribution is 0.0943. The van der Waals surface area contributed by atoms with Gasteiger partial charge in [-0.05, 0) is 55.7 Å². The predicted octanol–water partition coefficient (Wildman–Crippen LogP) is 5.22. The molecule has 3 rings (SSSR count). The Kier molecular flexibility index (Phi) is 5.92. The van der Waals surface area contributed by atoms with Gasteiger partial charge in [0.25, 0.3) is 5.91 Å². The van der Waals surface area contributed by atoms with Crippen LogP contribution in [-0.4, -0.2) is 12.5 Å². The maximum Gasteiger partial charge on any atom is 0.252 e. The smallest absolute Gasteiger partial charge is 0.252 e. The highest BCUT2D eigenvalue weighted by molar-refractivity contribution is 5.95. The van der Waals surface area contributed by atoms with Crippen molar-refractivity contribution in [3.8, 4) is 5.75 Å². The van der Waals surface area contributed by atoms with Gasteiger partial charge in [-0.2, -0.15) is 0 Å². The van der Waals surface area contributed by atoms with Gasteiger partial charge in [0.2, 0.25) is 0 Å². The van der Waals surface area contributed by atoms with Crippen LogP contribution >= 0.6 is 0 Å². The van der Waals surface area contributed by atoms with Crippen molar-refractivity contribution in [2.24, 2.45) is 0 Å². The molecule has 3 aromatic rings. The van der Waals surface area contributed by atoms with Gasteiger partial charge in [0, 0.05) is 5.56 Å². The van der Waals surface area contributed by atoms with E-state index >= 15 is 0 Å². The van der Waals surface area contributed by atoms with E-state index in [1.807, 2.05) is 62.4 Å². The van der Waals surface area contributed by atoms with E-state index in [-0.39, 0.29) is 11.9 Å². The molecule has 1 atom stereocenters. The summed E-state index contributed by atoms with van der Waals surface area (Å²) in [6.45, 7) is 6.57. The maximum absolute atomic E-state index is 12.9. The van der Waals surface area contributed by atoms with Crippen molar-refractivity contribution in [1.29, 1.82) is 0 Å². The van der Waals surface area contributed by atoms with E-state index in [0.717, 1.165) is 22.4 Å². The zero-order chi connectivity index (χ0) is 19.2. The standard InChI is InChI=1S/C24H25NO2/c1-4-27-22-15-14-21(16-18(22)3)24(26)25-23(19-8-6-5-7-9-19)20-12-10-17(2)11-13-20/h5-16,23H,4H2,1-3H3,(H,25,26)/t23-/m1/s1. The molecule has 0 bridgehead atoms. The van der Waals surface area contributed by atoms with Crippen LogP contribution in [0.3, 0.4) is 0 Å². The lowest BCUT2D eigenvalue weighted by Gasteiger charge is -2.20. The number of carbonyl (C=O) groups excluding carboxylic acids is 1. The zero-order valence-electron chi connectivity index (χ0n) is 16.0. The average molecular weight is 359 g/mol. The monoisotopic (exact) mass is 359 g/mol. The molecule has 0 radical (unpaired) electrons. The van der Waals surface area contributed by atoms with Crippen LogP contribution in [0, 0.1) is 13.8 Å². The second-order valence-corrected chi connectivity index (χ2v) is 6.64. The topological polar surface area (TPSA) is 38.3 Å². The molecule has 1 amide bonds. The SMILES string of the molecule is CCOc1ccc(C(=O)N[C@H](c2ccccc2)c2ccc(C)cc2)cc1C. The number of amides is 1. The molecule has 0 aliphatic rings. The van der Waals surface area contributed by atoms with E-state index in [9.17, 15) is 4.79 Å². The first-order chi connectivity index (χ1) is 13.1. The van der Waals surface area contributed by atoms with E-state index in [1.165, 1.54) is 5.56 Å². The minimum absolute atomic E-state index is 0.101. The van der Waals surface area contributed by atoms with E-state index in [0.29, 0.717) is 12.2 Å². The molecule has 0 aliphatic heterocycles. The highest BCUT2D eigenvalue weighted by atomic mass is 16.5. The van der Waals surface area contributed by atoms with Crippen LogP contribution in [0.5, 0.6) is 5.75 Å². The number of hydrogen-bond acceptors (Lipinski definition) is 2. The Bertz CT molecular complexity index is 901. The van der Waals surface area contributed by atoms with Gasteiger partial charge in [-0.25, -0.2) is 0 Å². The summed E-state index contributed by atoms with van der Waals surface area (Å²) in [5.41, 5.74) is 4.89. The molecule has 3 aromatic carbocycles. The van der Waals surface area contributed by atoms with Gasteiger partial charge in [0.15, 0.2) is 0 Å². The molecule has 0 unspecified atom stereocenters. The minimum atomic E-state index is -0.203. The Morgan fingerprint density at radius 1 is 0.926 bits per heavy atom. The van der Waals surface area contributed by atoms with E-state index < -0.39 is 0 Å². The molecule has 0 saturated carbocycles. The van der Waals surface area contributed by atoms with Crippen LogP contribution in [0.25, 0.3) is 0 Å². The Morgan fingerprint density at radius 3 is 2.22 bits per heavy atom. The number of aryl methyl sites for hydroxylation is 2. The molecule has 0 heterocycles. The van der Waals surface area contributed by atoms with E-state index in [1.54, 1.807) is 0 Å². The first-order valence-corrected chi connectivity index (χ1v) is 9.24. The Hall–Kier alpha value is -3.07. The third kappa shape index (κ3) is 4.56. The van der Waals surface area contributed by atoms with Crippen molar-refractivity contribution in [3.05, 3.63) is 101 Å². The summed E-state index contributed by atoms with van der Waals surface area (Å²) < 4.78 is 5.57. The van der Waals surface area contributed by atoms with Crippen molar-refractivity contribution in [1.82, 2.24) is 5.32 Å². The fraction of sp³-hybridized carbons (Fsp3) is 0.208. The molecular formula is C24H25NO2. The lowest BCUT2D eigenvalue weighted by atomic mass is 9.97. The minimum Gasteiger partial charge on any atom is -0.494 e. The van der Waals surface area contributed by atoms with Crippen molar-refractivity contribution in [2.45, 2.75) is 26.8 Å². The molecule has 0 aromatic heterocycles. The molecule has 0 saturated heterocycles. The van der Waals surface area contributed by atoms with Crippen LogP contribution in [-0.2, 0) is 0 Å². The number of rotatable bonds is 6. The van der Waals surface area contributed by atoms with Crippen molar-refractivity contribution in [3.63, 3.8) is 0 Å². The fourth-order valence-electron chi connectivity index (χ4n) is 3.09. The highest BCUT2D eigenvalue weighted by Crippen LogP contribution is 2.24. The van der Waals surface area contributed by atoms with Crippen molar-refractivity contribution in [2.75, 3.05) is 6.61 Å². The Balaban J connectivity index is 1.89. The predicted molar refractivity (Wildman–Crippen MR) is 109 cm³/mol. The largest absolute Gasteiger partial charge is 0.494 e. The molecule has 27 heavy (non-hydrogen) atoms. The van der Waals surface area contributed by atoms with Crippen molar-refractivity contribution >= 4 is 5.91 Å².